The van der Waals surface area contributed by atoms with E-state index >= 15 is 0 Å². The van der Waals surface area contributed by atoms with E-state index in [1.54, 1.807) is 9.13 Å². The average molecular weight is 422 g/mol. The quantitative estimate of drug-likeness (QED) is 0.786. The normalized spacial score (nSPS) is 20.0. The second-order valence-electron chi connectivity index (χ2n) is 7.50. The van der Waals surface area contributed by atoms with E-state index in [0.29, 0.717) is 32.7 Å². The van der Waals surface area contributed by atoms with Gasteiger partial charge in [-0.2, -0.15) is 0 Å². The first-order valence-electron chi connectivity index (χ1n) is 10.1. The van der Waals surface area contributed by atoms with Crippen LogP contribution in [0.2, 0.25) is 0 Å². The van der Waals surface area contributed by atoms with Gasteiger partial charge in [0.15, 0.2) is 0 Å². The lowest BCUT2D eigenvalue weighted by molar-refractivity contribution is -0.140. The van der Waals surface area contributed by atoms with Crippen LogP contribution in [-0.4, -0.2) is 69.5 Å². The Morgan fingerprint density at radius 2 is 1.86 bits per heavy atom. The molecular weight excluding hydrogens is 394 g/mol. The highest BCUT2D eigenvalue weighted by atomic mass is 35.5. The lowest BCUT2D eigenvalue weighted by Crippen LogP contribution is -2.57. The molecule has 29 heavy (non-hydrogen) atoms. The Morgan fingerprint density at radius 3 is 2.55 bits per heavy atom. The van der Waals surface area contributed by atoms with E-state index < -0.39 is 0 Å². The highest BCUT2D eigenvalue weighted by Gasteiger charge is 2.32. The molecular formula is C20H28ClN5O3. The van der Waals surface area contributed by atoms with Crippen LogP contribution in [0.5, 0.6) is 0 Å². The molecule has 1 atom stereocenters. The van der Waals surface area contributed by atoms with Gasteiger partial charge in [0.25, 0.3) is 0 Å². The predicted octanol–water partition coefficient (Wildman–Crippen LogP) is 0.668. The molecule has 8 nitrogen and oxygen atoms in total. The summed E-state index contributed by atoms with van der Waals surface area (Å²) in [6.45, 7) is 5.61. The second-order valence-corrected chi connectivity index (χ2v) is 7.50. The number of hydrogen-bond donors (Lipinski definition) is 1. The molecule has 1 N–H and O–H groups in total. The number of carbonyl (C=O) groups is 2. The Morgan fingerprint density at radius 1 is 1.14 bits per heavy atom. The Labute approximate surface area is 175 Å². The number of nitrogens with one attached hydrogen (secondary N) is 1. The molecule has 3 heterocycles. The molecule has 2 aliphatic heterocycles. The number of halogens is 1. The molecule has 0 aliphatic carbocycles. The minimum Gasteiger partial charge on any atom is -0.339 e. The fourth-order valence-corrected chi connectivity index (χ4v) is 4.41. The summed E-state index contributed by atoms with van der Waals surface area (Å²) >= 11 is 0. The van der Waals surface area contributed by atoms with Crippen molar-refractivity contribution in [2.45, 2.75) is 38.9 Å². The number of carbonyl (C=O) groups excluding carboxylic acids is 2. The fourth-order valence-electron chi connectivity index (χ4n) is 4.41. The van der Waals surface area contributed by atoms with E-state index in [4.69, 9.17) is 0 Å². The van der Waals surface area contributed by atoms with Gasteiger partial charge >= 0.3 is 5.69 Å². The minimum atomic E-state index is -0.150. The molecule has 1 aromatic heterocycles. The summed E-state index contributed by atoms with van der Waals surface area (Å²) in [5, 5.41) is 3.09. The highest BCUT2D eigenvalue weighted by Crippen LogP contribution is 2.18. The molecule has 158 valence electrons. The third kappa shape index (κ3) is 4.04. The average Bonchev–Trinajstić information content (AvgIpc) is 2.99. The van der Waals surface area contributed by atoms with Crippen LogP contribution in [0, 0.1) is 0 Å². The number of para-hydroxylation sites is 2. The van der Waals surface area contributed by atoms with Crippen molar-refractivity contribution in [3.63, 3.8) is 0 Å². The van der Waals surface area contributed by atoms with Crippen molar-refractivity contribution in [2.24, 2.45) is 0 Å². The van der Waals surface area contributed by atoms with E-state index in [0.717, 1.165) is 30.4 Å². The van der Waals surface area contributed by atoms with Crippen LogP contribution in [-0.2, 0) is 22.7 Å². The number of imidazole rings is 1. The van der Waals surface area contributed by atoms with E-state index in [1.807, 2.05) is 41.0 Å². The molecule has 0 saturated carbocycles. The van der Waals surface area contributed by atoms with Gasteiger partial charge in [-0.25, -0.2) is 4.79 Å². The monoisotopic (exact) mass is 421 g/mol. The molecule has 2 fully saturated rings. The maximum absolute atomic E-state index is 13.0. The first-order chi connectivity index (χ1) is 13.6. The summed E-state index contributed by atoms with van der Waals surface area (Å²) in [4.78, 5) is 41.7. The molecule has 4 rings (SSSR count). The van der Waals surface area contributed by atoms with E-state index in [1.165, 1.54) is 0 Å². The van der Waals surface area contributed by atoms with Crippen LogP contribution in [0.1, 0.15) is 19.8 Å². The Bertz CT molecular complexity index is 953. The number of aryl methyl sites for hydroxylation is 1. The maximum atomic E-state index is 13.0. The van der Waals surface area contributed by atoms with Gasteiger partial charge in [0.1, 0.15) is 6.54 Å². The largest absolute Gasteiger partial charge is 0.339 e. The lowest BCUT2D eigenvalue weighted by Gasteiger charge is -2.41. The number of amides is 2. The standard InChI is InChI=1S/C20H27N5O3.ClH/c1-2-23-16-7-3-4-8-17(16)25(20(23)28)14-19(27)22-10-5-6-15(13-22)24-11-9-21-12-18(24)26;/h3-4,7-8,15,21H,2,5-6,9-14H2,1H3;1H. The molecule has 0 bridgehead atoms. The van der Waals surface area contributed by atoms with Gasteiger partial charge in [0.2, 0.25) is 11.8 Å². The van der Waals surface area contributed by atoms with E-state index in [9.17, 15) is 14.4 Å². The van der Waals surface area contributed by atoms with Crippen LogP contribution in [0.3, 0.4) is 0 Å². The third-order valence-electron chi connectivity index (χ3n) is 5.85. The number of fused-ring (bicyclic) bond motifs is 1. The Hall–Kier alpha value is -2.32. The number of hydrogen-bond acceptors (Lipinski definition) is 4. The summed E-state index contributed by atoms with van der Waals surface area (Å²) in [5.41, 5.74) is 1.49. The van der Waals surface area contributed by atoms with Crippen LogP contribution in [0.4, 0.5) is 0 Å². The predicted molar refractivity (Wildman–Crippen MR) is 113 cm³/mol. The first kappa shape index (κ1) is 21.4. The molecule has 2 aromatic rings. The SMILES string of the molecule is CCn1c(=O)n(CC(=O)N2CCCC(N3CCNCC3=O)C2)c2ccccc21.Cl. The number of benzene rings is 1. The molecule has 0 spiro atoms. The second kappa shape index (κ2) is 9.00. The van der Waals surface area contributed by atoms with Gasteiger partial charge < -0.3 is 15.1 Å². The van der Waals surface area contributed by atoms with Gasteiger partial charge in [0.05, 0.1) is 17.6 Å². The summed E-state index contributed by atoms with van der Waals surface area (Å²) < 4.78 is 3.27. The van der Waals surface area contributed by atoms with Crippen molar-refractivity contribution in [3.8, 4) is 0 Å². The zero-order chi connectivity index (χ0) is 19.7. The zero-order valence-electron chi connectivity index (χ0n) is 16.7. The number of likely N-dealkylation sites (tertiary alicyclic amines) is 1. The molecule has 1 aromatic carbocycles. The Kier molecular flexibility index (Phi) is 6.64. The topological polar surface area (TPSA) is 79.6 Å². The van der Waals surface area contributed by atoms with Crippen molar-refractivity contribution in [3.05, 3.63) is 34.7 Å². The summed E-state index contributed by atoms with van der Waals surface area (Å²) in [5.74, 6) is 0.0428. The number of nitrogens with zero attached hydrogens (tertiary/aromatic N) is 4. The molecule has 1 unspecified atom stereocenters. The third-order valence-corrected chi connectivity index (χ3v) is 5.85. The summed E-state index contributed by atoms with van der Waals surface area (Å²) in [7, 11) is 0. The van der Waals surface area contributed by atoms with Gasteiger partial charge in [-0.05, 0) is 31.9 Å². The molecule has 2 amide bonds. The number of piperidine rings is 1. The number of piperazine rings is 1. The molecule has 2 saturated heterocycles. The molecule has 9 heteroatoms. The number of aromatic nitrogens is 2. The van der Waals surface area contributed by atoms with Gasteiger partial charge in [-0.3, -0.25) is 18.7 Å². The van der Waals surface area contributed by atoms with Gasteiger partial charge in [-0.15, -0.1) is 12.4 Å². The molecule has 2 aliphatic rings. The van der Waals surface area contributed by atoms with Crippen LogP contribution in [0.25, 0.3) is 11.0 Å². The smallest absolute Gasteiger partial charge is 0.329 e. The van der Waals surface area contributed by atoms with Crippen molar-refractivity contribution < 1.29 is 9.59 Å². The number of rotatable bonds is 4. The van der Waals surface area contributed by atoms with Crippen LogP contribution >= 0.6 is 12.4 Å². The first-order valence-corrected chi connectivity index (χ1v) is 10.1. The van der Waals surface area contributed by atoms with E-state index in [-0.39, 0.29) is 42.5 Å². The van der Waals surface area contributed by atoms with Crippen molar-refractivity contribution >= 4 is 35.3 Å². The molecule has 0 radical (unpaired) electrons. The summed E-state index contributed by atoms with van der Waals surface area (Å²) in [6, 6.07) is 7.65. The fraction of sp³-hybridized carbons (Fsp3) is 0.550. The highest BCUT2D eigenvalue weighted by molar-refractivity contribution is 5.85. The van der Waals surface area contributed by atoms with Crippen molar-refractivity contribution in [1.82, 2.24) is 24.3 Å². The minimum absolute atomic E-state index is 0. The van der Waals surface area contributed by atoms with Crippen molar-refractivity contribution in [1.29, 1.82) is 0 Å². The van der Waals surface area contributed by atoms with Gasteiger partial charge in [-0.1, -0.05) is 12.1 Å². The van der Waals surface area contributed by atoms with Gasteiger partial charge in [0, 0.05) is 38.8 Å². The lowest BCUT2D eigenvalue weighted by atomic mass is 10.0. The summed E-state index contributed by atoms with van der Waals surface area (Å²) in [6.07, 6.45) is 1.80. The van der Waals surface area contributed by atoms with E-state index in [2.05, 4.69) is 5.32 Å². The van der Waals surface area contributed by atoms with Crippen LogP contribution < -0.4 is 11.0 Å². The zero-order valence-corrected chi connectivity index (χ0v) is 17.5. The van der Waals surface area contributed by atoms with Crippen molar-refractivity contribution in [2.75, 3.05) is 32.7 Å². The maximum Gasteiger partial charge on any atom is 0.329 e. The van der Waals surface area contributed by atoms with Crippen LogP contribution in [0.15, 0.2) is 29.1 Å². The Balaban J connectivity index is 0.00000240.